The first-order valence-corrected chi connectivity index (χ1v) is 5.84. The first kappa shape index (κ1) is 15.2. The Bertz CT molecular complexity index is 428. The van der Waals surface area contributed by atoms with Gasteiger partial charge in [-0.2, -0.15) is 0 Å². The molecule has 0 aliphatic heterocycles. The topological polar surface area (TPSA) is 92.0 Å². The van der Waals surface area contributed by atoms with Gasteiger partial charge in [0.1, 0.15) is 0 Å². The van der Waals surface area contributed by atoms with Crippen LogP contribution in [0, 0.1) is 0 Å². The molecule has 1 rings (SSSR count). The maximum absolute atomic E-state index is 11.6. The fourth-order valence-electron chi connectivity index (χ4n) is 1.25. The van der Waals surface area contributed by atoms with E-state index in [-0.39, 0.29) is 11.5 Å². The molecule has 0 atom stereocenters. The number of nitrogens with one attached hydrogen (secondary N) is 1. The number of ether oxygens (including phenoxy) is 1. The number of aromatic carboxylic acids is 1. The Morgan fingerprint density at radius 1 is 1.32 bits per heavy atom. The molecule has 1 heterocycles. The zero-order valence-corrected chi connectivity index (χ0v) is 11.0. The number of likely N-dealkylation sites (N-methyl/N-ethyl adjacent to an activating group) is 1. The van der Waals surface area contributed by atoms with Crippen molar-refractivity contribution < 1.29 is 23.8 Å². The van der Waals surface area contributed by atoms with Crippen LogP contribution in [-0.4, -0.2) is 62.3 Å². The smallest absolute Gasteiger partial charge is 0.371 e. The van der Waals surface area contributed by atoms with Crippen molar-refractivity contribution in [3.8, 4) is 0 Å². The molecular weight excluding hydrogens is 252 g/mol. The van der Waals surface area contributed by atoms with Crippen LogP contribution in [0.5, 0.6) is 0 Å². The van der Waals surface area contributed by atoms with Gasteiger partial charge in [-0.3, -0.25) is 4.79 Å². The third-order valence-corrected chi connectivity index (χ3v) is 2.26. The standard InChI is InChI=1S/C12H18N2O5/c1-14(2)6-8-18-7-5-13-11(15)9-3-4-10(19-9)12(16)17/h3-4H,5-8H2,1-2H3,(H,13,15)(H,16,17). The van der Waals surface area contributed by atoms with Crippen molar-refractivity contribution in [2.45, 2.75) is 0 Å². The van der Waals surface area contributed by atoms with Crippen LogP contribution in [0.4, 0.5) is 0 Å². The number of carboxylic acid groups (broad SMARTS) is 1. The number of carboxylic acids is 1. The third-order valence-electron chi connectivity index (χ3n) is 2.26. The maximum atomic E-state index is 11.6. The van der Waals surface area contributed by atoms with Crippen LogP contribution in [0.3, 0.4) is 0 Å². The average Bonchev–Trinajstić information content (AvgIpc) is 2.82. The highest BCUT2D eigenvalue weighted by molar-refractivity contribution is 5.93. The Hall–Kier alpha value is -1.86. The van der Waals surface area contributed by atoms with Gasteiger partial charge in [0.2, 0.25) is 5.76 Å². The highest BCUT2D eigenvalue weighted by Gasteiger charge is 2.14. The van der Waals surface area contributed by atoms with E-state index in [0.717, 1.165) is 6.54 Å². The fourth-order valence-corrected chi connectivity index (χ4v) is 1.25. The predicted molar refractivity (Wildman–Crippen MR) is 67.4 cm³/mol. The lowest BCUT2D eigenvalue weighted by atomic mass is 10.4. The van der Waals surface area contributed by atoms with Gasteiger partial charge in [0.05, 0.1) is 13.2 Å². The molecule has 106 valence electrons. The summed E-state index contributed by atoms with van der Waals surface area (Å²) in [7, 11) is 3.89. The molecule has 0 unspecified atom stereocenters. The first-order valence-electron chi connectivity index (χ1n) is 5.84. The lowest BCUT2D eigenvalue weighted by Gasteiger charge is -2.09. The van der Waals surface area contributed by atoms with Crippen molar-refractivity contribution in [2.24, 2.45) is 0 Å². The molecule has 7 heteroatoms. The normalized spacial score (nSPS) is 10.7. The van der Waals surface area contributed by atoms with Gasteiger partial charge in [-0.25, -0.2) is 4.79 Å². The van der Waals surface area contributed by atoms with Crippen molar-refractivity contribution in [2.75, 3.05) is 40.4 Å². The summed E-state index contributed by atoms with van der Waals surface area (Å²) in [5.74, 6) is -1.94. The highest BCUT2D eigenvalue weighted by atomic mass is 16.5. The van der Waals surface area contributed by atoms with Crippen LogP contribution in [0.1, 0.15) is 21.1 Å². The Morgan fingerprint density at radius 2 is 2.00 bits per heavy atom. The van der Waals surface area contributed by atoms with Gasteiger partial charge in [0.15, 0.2) is 5.76 Å². The first-order chi connectivity index (χ1) is 9.00. The molecule has 19 heavy (non-hydrogen) atoms. The summed E-state index contributed by atoms with van der Waals surface area (Å²) in [6.07, 6.45) is 0. The van der Waals surface area contributed by atoms with Crippen LogP contribution in [0.25, 0.3) is 0 Å². The Balaban J connectivity index is 2.22. The Morgan fingerprint density at radius 3 is 2.58 bits per heavy atom. The monoisotopic (exact) mass is 270 g/mol. The van der Waals surface area contributed by atoms with Crippen molar-refractivity contribution in [1.29, 1.82) is 0 Å². The molecule has 1 amide bonds. The van der Waals surface area contributed by atoms with E-state index >= 15 is 0 Å². The summed E-state index contributed by atoms with van der Waals surface area (Å²) in [6, 6.07) is 2.57. The fraction of sp³-hybridized carbons (Fsp3) is 0.500. The SMILES string of the molecule is CN(C)CCOCCNC(=O)c1ccc(C(=O)O)o1. The van der Waals surface area contributed by atoms with Crippen molar-refractivity contribution in [1.82, 2.24) is 10.2 Å². The molecule has 2 N–H and O–H groups in total. The summed E-state index contributed by atoms with van der Waals surface area (Å²) >= 11 is 0. The summed E-state index contributed by atoms with van der Waals surface area (Å²) in [5.41, 5.74) is 0. The van der Waals surface area contributed by atoms with Crippen LogP contribution < -0.4 is 5.32 Å². The van der Waals surface area contributed by atoms with Gasteiger partial charge in [0, 0.05) is 13.1 Å². The summed E-state index contributed by atoms with van der Waals surface area (Å²) < 4.78 is 10.2. The summed E-state index contributed by atoms with van der Waals surface area (Å²) in [6.45, 7) is 2.14. The highest BCUT2D eigenvalue weighted by Crippen LogP contribution is 2.07. The minimum atomic E-state index is -1.20. The van der Waals surface area contributed by atoms with E-state index in [1.807, 2.05) is 19.0 Å². The van der Waals surface area contributed by atoms with Crippen molar-refractivity contribution >= 4 is 11.9 Å². The largest absolute Gasteiger partial charge is 0.475 e. The second-order valence-corrected chi connectivity index (χ2v) is 4.14. The number of amides is 1. The molecule has 0 aromatic carbocycles. The quantitative estimate of drug-likeness (QED) is 0.659. The van der Waals surface area contributed by atoms with E-state index < -0.39 is 11.9 Å². The molecule has 7 nitrogen and oxygen atoms in total. The van der Waals surface area contributed by atoms with Crippen molar-refractivity contribution in [3.63, 3.8) is 0 Å². The summed E-state index contributed by atoms with van der Waals surface area (Å²) in [5, 5.41) is 11.2. The van der Waals surface area contributed by atoms with Gasteiger partial charge in [-0.05, 0) is 26.2 Å². The Kier molecular flexibility index (Phi) is 6.04. The molecule has 0 aliphatic rings. The van der Waals surface area contributed by atoms with Gasteiger partial charge in [-0.1, -0.05) is 0 Å². The minimum Gasteiger partial charge on any atom is -0.475 e. The van der Waals surface area contributed by atoms with Crippen LogP contribution in [-0.2, 0) is 4.74 Å². The van der Waals surface area contributed by atoms with E-state index in [2.05, 4.69) is 5.32 Å². The average molecular weight is 270 g/mol. The van der Waals surface area contributed by atoms with E-state index in [9.17, 15) is 9.59 Å². The zero-order valence-electron chi connectivity index (χ0n) is 11.0. The number of rotatable bonds is 8. The number of carbonyl (C=O) groups is 2. The predicted octanol–water partition coefficient (Wildman–Crippen LogP) is 0.286. The lowest BCUT2D eigenvalue weighted by Crippen LogP contribution is -2.28. The van der Waals surface area contributed by atoms with E-state index in [1.54, 1.807) is 0 Å². The minimum absolute atomic E-state index is 0.0225. The number of nitrogens with zero attached hydrogens (tertiary/aromatic N) is 1. The third kappa shape index (κ3) is 5.54. The van der Waals surface area contributed by atoms with Crippen molar-refractivity contribution in [3.05, 3.63) is 23.7 Å². The number of hydrogen-bond acceptors (Lipinski definition) is 5. The van der Waals surface area contributed by atoms with Crippen LogP contribution in [0.15, 0.2) is 16.5 Å². The number of hydrogen-bond donors (Lipinski definition) is 2. The molecule has 0 aliphatic carbocycles. The number of furan rings is 1. The van der Waals surface area contributed by atoms with E-state index in [1.165, 1.54) is 12.1 Å². The van der Waals surface area contributed by atoms with Crippen LogP contribution in [0.2, 0.25) is 0 Å². The second-order valence-electron chi connectivity index (χ2n) is 4.14. The zero-order chi connectivity index (χ0) is 14.3. The van der Waals surface area contributed by atoms with Gasteiger partial charge < -0.3 is 24.5 Å². The van der Waals surface area contributed by atoms with Gasteiger partial charge in [-0.15, -0.1) is 0 Å². The van der Waals surface area contributed by atoms with E-state index in [0.29, 0.717) is 19.8 Å². The Labute approximate surface area is 111 Å². The molecule has 0 saturated heterocycles. The second kappa shape index (κ2) is 7.55. The number of carbonyl (C=O) groups excluding carboxylic acids is 1. The van der Waals surface area contributed by atoms with Gasteiger partial charge >= 0.3 is 5.97 Å². The molecule has 0 radical (unpaired) electrons. The molecule has 1 aromatic heterocycles. The van der Waals surface area contributed by atoms with E-state index in [4.69, 9.17) is 14.3 Å². The molecule has 0 spiro atoms. The molecule has 0 fully saturated rings. The molecular formula is C12H18N2O5. The lowest BCUT2D eigenvalue weighted by molar-refractivity contribution is 0.0659. The molecule has 0 saturated carbocycles. The molecule has 1 aromatic rings. The van der Waals surface area contributed by atoms with Gasteiger partial charge in [0.25, 0.3) is 5.91 Å². The maximum Gasteiger partial charge on any atom is 0.371 e. The van der Waals surface area contributed by atoms with Crippen LogP contribution >= 0.6 is 0 Å². The molecule has 0 bridgehead atoms. The summed E-state index contributed by atoms with van der Waals surface area (Å²) in [4.78, 5) is 24.1.